The minimum absolute atomic E-state index is 0.340. The molecule has 6 aromatic rings. The minimum Gasteiger partial charge on any atom is -0.342 e. The average Bonchev–Trinajstić information content (AvgIpc) is 3.58. The SMILES string of the molecule is c1ccc2c(c1)-c1ccccc1C21c2ccccc2-c2cc(-c3nc(N4CCCN5CCCN=C54)nc4ccccc34)ccc21. The van der Waals surface area contributed by atoms with Crippen molar-refractivity contribution in [2.45, 2.75) is 18.3 Å². The van der Waals surface area contributed by atoms with E-state index in [4.69, 9.17) is 15.0 Å². The fourth-order valence-corrected chi connectivity index (χ4v) is 8.47. The van der Waals surface area contributed by atoms with Crippen LogP contribution in [0, 0.1) is 0 Å². The van der Waals surface area contributed by atoms with E-state index in [1.165, 1.54) is 44.5 Å². The van der Waals surface area contributed by atoms with Gasteiger partial charge in [-0.25, -0.2) is 9.97 Å². The maximum atomic E-state index is 5.34. The van der Waals surface area contributed by atoms with Gasteiger partial charge in [0.05, 0.1) is 16.6 Å². The summed E-state index contributed by atoms with van der Waals surface area (Å²) in [6.45, 7) is 3.84. The monoisotopic (exact) mass is 581 g/mol. The second-order valence-electron chi connectivity index (χ2n) is 12.6. The highest BCUT2D eigenvalue weighted by Crippen LogP contribution is 2.62. The van der Waals surface area contributed by atoms with Gasteiger partial charge >= 0.3 is 0 Å². The lowest BCUT2D eigenvalue weighted by molar-refractivity contribution is 0.359. The van der Waals surface area contributed by atoms with Gasteiger partial charge in [-0.2, -0.15) is 0 Å². The Morgan fingerprint density at radius 1 is 0.556 bits per heavy atom. The number of aliphatic imine (C=N–C) groups is 1. The molecule has 1 spiro atoms. The highest BCUT2D eigenvalue weighted by molar-refractivity contribution is 6.00. The molecule has 0 radical (unpaired) electrons. The topological polar surface area (TPSA) is 44.6 Å². The number of nitrogens with zero attached hydrogens (tertiary/aromatic N) is 5. The molecule has 5 aromatic carbocycles. The smallest absolute Gasteiger partial charge is 0.233 e. The number of aromatic nitrogens is 2. The molecule has 0 amide bonds. The van der Waals surface area contributed by atoms with Crippen molar-refractivity contribution >= 4 is 22.8 Å². The molecule has 216 valence electrons. The number of guanidine groups is 1. The standard InChI is InChI=1S/C40H31N5/c1-5-15-32-27(11-1)28-12-2-6-16-33(28)40(32)34-17-7-3-13-29(34)31-25-26(19-20-35(31)40)37-30-14-4-8-18-36(30)42-38(43-37)45-24-10-23-44-22-9-21-41-39(44)45/h1-8,11-20,25H,9-10,21-24H2. The zero-order valence-electron chi connectivity index (χ0n) is 24.9. The Morgan fingerprint density at radius 3 is 1.93 bits per heavy atom. The van der Waals surface area contributed by atoms with Gasteiger partial charge in [-0.1, -0.05) is 103 Å². The maximum Gasteiger partial charge on any atom is 0.233 e. The zero-order valence-corrected chi connectivity index (χ0v) is 24.9. The van der Waals surface area contributed by atoms with Gasteiger partial charge in [-0.3, -0.25) is 9.89 Å². The fraction of sp³-hybridized carbons (Fsp3) is 0.175. The summed E-state index contributed by atoms with van der Waals surface area (Å²) < 4.78 is 0. The van der Waals surface area contributed by atoms with Crippen LogP contribution < -0.4 is 4.90 Å². The van der Waals surface area contributed by atoms with Gasteiger partial charge < -0.3 is 4.90 Å². The van der Waals surface area contributed by atoms with Crippen molar-refractivity contribution in [1.82, 2.24) is 14.9 Å². The molecule has 0 N–H and O–H groups in total. The number of hydrogen-bond acceptors (Lipinski definition) is 5. The molecule has 1 saturated heterocycles. The molecule has 5 nitrogen and oxygen atoms in total. The minimum atomic E-state index is -0.340. The zero-order chi connectivity index (χ0) is 29.5. The molecule has 45 heavy (non-hydrogen) atoms. The van der Waals surface area contributed by atoms with E-state index in [0.29, 0.717) is 0 Å². The van der Waals surface area contributed by atoms with E-state index in [9.17, 15) is 0 Å². The highest BCUT2D eigenvalue weighted by atomic mass is 15.4. The Bertz CT molecular complexity index is 2170. The number of benzene rings is 5. The van der Waals surface area contributed by atoms with Crippen LogP contribution in [0.5, 0.6) is 0 Å². The van der Waals surface area contributed by atoms with Crippen molar-refractivity contribution in [2.24, 2.45) is 4.99 Å². The van der Waals surface area contributed by atoms with Crippen LogP contribution >= 0.6 is 0 Å². The lowest BCUT2D eigenvalue weighted by Crippen LogP contribution is -2.53. The van der Waals surface area contributed by atoms with Gasteiger partial charge in [0.25, 0.3) is 0 Å². The van der Waals surface area contributed by atoms with E-state index in [2.05, 4.69) is 125 Å². The third-order valence-corrected chi connectivity index (χ3v) is 10.3. The van der Waals surface area contributed by atoms with Crippen molar-refractivity contribution in [2.75, 3.05) is 31.1 Å². The average molecular weight is 582 g/mol. The second kappa shape index (κ2) is 9.35. The summed E-state index contributed by atoms with van der Waals surface area (Å²) in [5, 5.41) is 1.07. The third kappa shape index (κ3) is 3.35. The summed E-state index contributed by atoms with van der Waals surface area (Å²) in [5.41, 5.74) is 13.3. The number of rotatable bonds is 2. The molecule has 1 fully saturated rings. The Kier molecular flexibility index (Phi) is 5.21. The lowest BCUT2D eigenvalue weighted by Gasteiger charge is -2.40. The molecular formula is C40H31N5. The Hall–Kier alpha value is -5.29. The van der Waals surface area contributed by atoms with E-state index in [1.807, 2.05) is 0 Å². The van der Waals surface area contributed by atoms with E-state index in [-0.39, 0.29) is 5.41 Å². The first-order valence-electron chi connectivity index (χ1n) is 16.1. The summed E-state index contributed by atoms with van der Waals surface area (Å²) in [6, 6.07) is 42.4. The maximum absolute atomic E-state index is 5.34. The normalized spacial score (nSPS) is 17.0. The summed E-state index contributed by atoms with van der Waals surface area (Å²) in [6.07, 6.45) is 2.18. The molecule has 2 aliphatic heterocycles. The number of fused-ring (bicyclic) bond motifs is 12. The first kappa shape index (κ1) is 25.1. The molecule has 0 saturated carbocycles. The van der Waals surface area contributed by atoms with Crippen molar-refractivity contribution < 1.29 is 0 Å². The molecule has 3 heterocycles. The first-order valence-corrected chi connectivity index (χ1v) is 16.1. The summed E-state index contributed by atoms with van der Waals surface area (Å²) in [4.78, 5) is 20.0. The molecule has 1 aromatic heterocycles. The predicted molar refractivity (Wildman–Crippen MR) is 182 cm³/mol. The Labute approximate surface area is 262 Å². The molecular weight excluding hydrogens is 550 g/mol. The fourth-order valence-electron chi connectivity index (χ4n) is 8.47. The van der Waals surface area contributed by atoms with Gasteiger partial charge in [0, 0.05) is 37.1 Å². The van der Waals surface area contributed by atoms with Crippen LogP contribution in [-0.2, 0) is 5.41 Å². The van der Waals surface area contributed by atoms with E-state index in [0.717, 1.165) is 73.1 Å². The third-order valence-electron chi connectivity index (χ3n) is 10.3. The van der Waals surface area contributed by atoms with Crippen LogP contribution in [0.2, 0.25) is 0 Å². The summed E-state index contributed by atoms with van der Waals surface area (Å²) in [7, 11) is 0. The van der Waals surface area contributed by atoms with Crippen LogP contribution in [0.3, 0.4) is 0 Å². The van der Waals surface area contributed by atoms with Crippen LogP contribution in [0.15, 0.2) is 120 Å². The molecule has 4 aliphatic rings. The first-order chi connectivity index (χ1) is 22.3. The summed E-state index contributed by atoms with van der Waals surface area (Å²) >= 11 is 0. The molecule has 10 rings (SSSR count). The van der Waals surface area contributed by atoms with E-state index < -0.39 is 0 Å². The quantitative estimate of drug-likeness (QED) is 0.208. The number of anilines is 1. The largest absolute Gasteiger partial charge is 0.342 e. The van der Waals surface area contributed by atoms with Crippen LogP contribution in [0.1, 0.15) is 35.1 Å². The summed E-state index contributed by atoms with van der Waals surface area (Å²) in [5.74, 6) is 1.77. The highest BCUT2D eigenvalue weighted by Gasteiger charge is 2.51. The molecule has 0 atom stereocenters. The molecule has 0 unspecified atom stereocenters. The van der Waals surface area contributed by atoms with Crippen molar-refractivity contribution in [3.63, 3.8) is 0 Å². The molecule has 5 heteroatoms. The van der Waals surface area contributed by atoms with Crippen molar-refractivity contribution in [1.29, 1.82) is 0 Å². The van der Waals surface area contributed by atoms with E-state index >= 15 is 0 Å². The number of hydrogen-bond donors (Lipinski definition) is 0. The van der Waals surface area contributed by atoms with Gasteiger partial charge in [0.1, 0.15) is 0 Å². The predicted octanol–water partition coefficient (Wildman–Crippen LogP) is 7.91. The molecule has 0 bridgehead atoms. The van der Waals surface area contributed by atoms with Crippen LogP contribution in [-0.4, -0.2) is 47.0 Å². The van der Waals surface area contributed by atoms with Gasteiger partial charge in [0.2, 0.25) is 11.9 Å². The van der Waals surface area contributed by atoms with Gasteiger partial charge in [0.15, 0.2) is 0 Å². The van der Waals surface area contributed by atoms with Crippen molar-refractivity contribution in [3.05, 3.63) is 138 Å². The number of para-hydroxylation sites is 1. The van der Waals surface area contributed by atoms with Crippen LogP contribution in [0.25, 0.3) is 44.4 Å². The van der Waals surface area contributed by atoms with E-state index in [1.54, 1.807) is 0 Å². The Balaban J connectivity index is 1.21. The lowest BCUT2D eigenvalue weighted by atomic mass is 9.70. The van der Waals surface area contributed by atoms with Crippen LogP contribution in [0.4, 0.5) is 5.95 Å². The van der Waals surface area contributed by atoms with Gasteiger partial charge in [-0.05, 0) is 69.5 Å². The van der Waals surface area contributed by atoms with Gasteiger partial charge in [-0.15, -0.1) is 0 Å². The van der Waals surface area contributed by atoms with Crippen molar-refractivity contribution in [3.8, 4) is 33.5 Å². The molecule has 2 aliphatic carbocycles. The second-order valence-corrected chi connectivity index (χ2v) is 12.6. The Morgan fingerprint density at radius 2 is 1.18 bits per heavy atom.